The van der Waals surface area contributed by atoms with Crippen molar-refractivity contribution in [3.8, 4) is 0 Å². The highest BCUT2D eigenvalue weighted by Crippen LogP contribution is 2.19. The van der Waals surface area contributed by atoms with E-state index in [-0.39, 0.29) is 10.8 Å². The normalized spacial score (nSPS) is 11.7. The second-order valence-electron chi connectivity index (χ2n) is 5.26. The van der Waals surface area contributed by atoms with Crippen molar-refractivity contribution in [2.24, 2.45) is 0 Å². The van der Waals surface area contributed by atoms with Gasteiger partial charge in [-0.25, -0.2) is 8.42 Å². The third kappa shape index (κ3) is 4.05. The number of carbonyl (C=O) groups excluding carboxylic acids is 1. The minimum atomic E-state index is -3.93. The minimum absolute atomic E-state index is 0.0437. The highest BCUT2D eigenvalue weighted by atomic mass is 32.2. The number of nitrogens with zero attached hydrogens (tertiary/aromatic N) is 2. The predicted molar refractivity (Wildman–Crippen MR) is 81.1 cm³/mol. The maximum Gasteiger partial charge on any atom is 0.318 e. The zero-order valence-electron chi connectivity index (χ0n) is 13.0. The zero-order chi connectivity index (χ0) is 17.1. The average Bonchev–Trinajstić information content (AvgIpc) is 2.43. The lowest BCUT2D eigenvalue weighted by Gasteiger charge is -2.24. The molecule has 0 spiro atoms. The Balaban J connectivity index is 3.17. The van der Waals surface area contributed by atoms with Gasteiger partial charge in [0.25, 0.3) is 5.91 Å². The third-order valence-electron chi connectivity index (χ3n) is 2.98. The Labute approximate surface area is 130 Å². The van der Waals surface area contributed by atoms with Gasteiger partial charge in [0.2, 0.25) is 10.0 Å². The molecule has 1 N–H and O–H groups in total. The van der Waals surface area contributed by atoms with Gasteiger partial charge in [0, 0.05) is 25.7 Å². The monoisotopic (exact) mass is 328 g/mol. The number of amides is 1. The molecule has 0 fully saturated rings. The molecule has 0 bridgehead atoms. The smallest absolute Gasteiger partial charge is 0.318 e. The van der Waals surface area contributed by atoms with Crippen LogP contribution >= 0.6 is 0 Å². The number of benzene rings is 1. The van der Waals surface area contributed by atoms with Crippen LogP contribution in [0.2, 0.25) is 0 Å². The van der Waals surface area contributed by atoms with E-state index in [9.17, 15) is 18.0 Å². The molecule has 0 aliphatic heterocycles. The molecule has 1 aromatic rings. The number of carboxylic acids is 1. The van der Waals surface area contributed by atoms with Gasteiger partial charge in [-0.05, 0) is 38.1 Å². The van der Waals surface area contributed by atoms with E-state index in [0.29, 0.717) is 5.56 Å². The Bertz CT molecular complexity index is 650. The Morgan fingerprint density at radius 1 is 1.14 bits per heavy atom. The molecular formula is C14H20N2O5S. The molecule has 0 aliphatic carbocycles. The van der Waals surface area contributed by atoms with Crippen LogP contribution in [0.25, 0.3) is 0 Å². The van der Waals surface area contributed by atoms with E-state index < -0.39 is 28.6 Å². The fraction of sp³-hybridized carbons (Fsp3) is 0.429. The summed E-state index contributed by atoms with van der Waals surface area (Å²) in [6.07, 6.45) is 0. The number of rotatable bonds is 6. The standard InChI is InChI=1S/C14H20N2O5S/c1-10(2)16(9-13(17)18)22(20,21)12-7-5-11(6-8-12)14(19)15(3)4/h5-8,10H,9H2,1-4H3,(H,17,18). The summed E-state index contributed by atoms with van der Waals surface area (Å²) in [5.41, 5.74) is 0.360. The zero-order valence-corrected chi connectivity index (χ0v) is 13.8. The first-order valence-electron chi connectivity index (χ1n) is 6.62. The van der Waals surface area contributed by atoms with Crippen molar-refractivity contribution < 1.29 is 23.1 Å². The van der Waals surface area contributed by atoms with Gasteiger partial charge in [0.15, 0.2) is 0 Å². The molecular weight excluding hydrogens is 308 g/mol. The summed E-state index contributed by atoms with van der Waals surface area (Å²) in [4.78, 5) is 24.0. The predicted octanol–water partition coefficient (Wildman–Crippen LogP) is 0.872. The van der Waals surface area contributed by atoms with Gasteiger partial charge in [0.1, 0.15) is 6.54 Å². The van der Waals surface area contributed by atoms with Crippen LogP contribution in [-0.4, -0.2) is 61.3 Å². The van der Waals surface area contributed by atoms with Gasteiger partial charge >= 0.3 is 5.97 Å². The molecule has 8 heteroatoms. The molecule has 1 rings (SSSR count). The van der Waals surface area contributed by atoms with E-state index in [0.717, 1.165) is 4.31 Å². The number of carbonyl (C=O) groups is 2. The summed E-state index contributed by atoms with van der Waals surface area (Å²) < 4.78 is 25.9. The highest BCUT2D eigenvalue weighted by molar-refractivity contribution is 7.89. The maximum absolute atomic E-state index is 12.5. The van der Waals surface area contributed by atoms with E-state index in [1.165, 1.54) is 29.2 Å². The van der Waals surface area contributed by atoms with Gasteiger partial charge in [-0.2, -0.15) is 4.31 Å². The summed E-state index contributed by atoms with van der Waals surface area (Å²) in [7, 11) is -0.735. The molecule has 122 valence electrons. The van der Waals surface area contributed by atoms with Gasteiger partial charge < -0.3 is 10.0 Å². The van der Waals surface area contributed by atoms with Crippen molar-refractivity contribution in [2.75, 3.05) is 20.6 Å². The van der Waals surface area contributed by atoms with Gasteiger partial charge in [0.05, 0.1) is 4.90 Å². The summed E-state index contributed by atoms with van der Waals surface area (Å²) >= 11 is 0. The van der Waals surface area contributed by atoms with Gasteiger partial charge in [-0.3, -0.25) is 9.59 Å². The summed E-state index contributed by atoms with van der Waals surface area (Å²) in [5.74, 6) is -1.47. The van der Waals surface area contributed by atoms with Crippen molar-refractivity contribution in [1.29, 1.82) is 0 Å². The van der Waals surface area contributed by atoms with Crippen molar-refractivity contribution >= 4 is 21.9 Å². The van der Waals surface area contributed by atoms with Crippen LogP contribution in [0.15, 0.2) is 29.2 Å². The molecule has 0 saturated carbocycles. The summed E-state index contributed by atoms with van der Waals surface area (Å²) in [6.45, 7) is 2.59. The van der Waals surface area contributed by atoms with Gasteiger partial charge in [-0.15, -0.1) is 0 Å². The van der Waals surface area contributed by atoms with E-state index in [2.05, 4.69) is 0 Å². The van der Waals surface area contributed by atoms with Crippen molar-refractivity contribution in [2.45, 2.75) is 24.8 Å². The number of hydrogen-bond donors (Lipinski definition) is 1. The Morgan fingerprint density at radius 2 is 1.64 bits per heavy atom. The minimum Gasteiger partial charge on any atom is -0.480 e. The topological polar surface area (TPSA) is 95.0 Å². The van der Waals surface area contributed by atoms with Gasteiger partial charge in [-0.1, -0.05) is 0 Å². The first-order chi connectivity index (χ1) is 10.1. The Morgan fingerprint density at radius 3 is 2.00 bits per heavy atom. The average molecular weight is 328 g/mol. The van der Waals surface area contributed by atoms with Crippen LogP contribution in [0.3, 0.4) is 0 Å². The lowest BCUT2D eigenvalue weighted by atomic mass is 10.2. The Hall–Kier alpha value is -1.93. The molecule has 0 saturated heterocycles. The van der Waals surface area contributed by atoms with Crippen LogP contribution in [0, 0.1) is 0 Å². The molecule has 0 atom stereocenters. The molecule has 0 radical (unpaired) electrons. The highest BCUT2D eigenvalue weighted by Gasteiger charge is 2.29. The lowest BCUT2D eigenvalue weighted by Crippen LogP contribution is -2.40. The fourth-order valence-corrected chi connectivity index (χ4v) is 3.43. The largest absolute Gasteiger partial charge is 0.480 e. The SMILES string of the molecule is CC(C)N(CC(=O)O)S(=O)(=O)c1ccc(C(=O)N(C)C)cc1. The first kappa shape index (κ1) is 18.1. The van der Waals surface area contributed by atoms with Crippen LogP contribution < -0.4 is 0 Å². The maximum atomic E-state index is 12.5. The number of carboxylic acid groups (broad SMARTS) is 1. The van der Waals surface area contributed by atoms with E-state index in [1.54, 1.807) is 27.9 Å². The lowest BCUT2D eigenvalue weighted by molar-refractivity contribution is -0.137. The first-order valence-corrected chi connectivity index (χ1v) is 8.06. The molecule has 0 unspecified atom stereocenters. The van der Waals surface area contributed by atoms with E-state index >= 15 is 0 Å². The van der Waals surface area contributed by atoms with E-state index in [4.69, 9.17) is 5.11 Å². The number of aliphatic carboxylic acids is 1. The van der Waals surface area contributed by atoms with Crippen LogP contribution in [0.5, 0.6) is 0 Å². The van der Waals surface area contributed by atoms with Crippen LogP contribution in [0.1, 0.15) is 24.2 Å². The van der Waals surface area contributed by atoms with Crippen molar-refractivity contribution in [3.63, 3.8) is 0 Å². The van der Waals surface area contributed by atoms with E-state index in [1.807, 2.05) is 0 Å². The van der Waals surface area contributed by atoms with Crippen molar-refractivity contribution in [3.05, 3.63) is 29.8 Å². The molecule has 7 nitrogen and oxygen atoms in total. The molecule has 22 heavy (non-hydrogen) atoms. The quantitative estimate of drug-likeness (QED) is 0.836. The molecule has 1 aromatic carbocycles. The molecule has 0 aromatic heterocycles. The van der Waals surface area contributed by atoms with Crippen LogP contribution in [0.4, 0.5) is 0 Å². The molecule has 0 aliphatic rings. The Kier molecular flexibility index (Phi) is 5.67. The number of hydrogen-bond acceptors (Lipinski definition) is 4. The van der Waals surface area contributed by atoms with Crippen LogP contribution in [-0.2, 0) is 14.8 Å². The number of sulfonamides is 1. The molecule has 0 heterocycles. The second kappa shape index (κ2) is 6.89. The summed E-state index contributed by atoms with van der Waals surface area (Å²) in [5, 5.41) is 8.86. The summed E-state index contributed by atoms with van der Waals surface area (Å²) in [6, 6.07) is 4.94. The third-order valence-corrected chi connectivity index (χ3v) is 5.02. The molecule has 1 amide bonds. The van der Waals surface area contributed by atoms with Crippen molar-refractivity contribution in [1.82, 2.24) is 9.21 Å². The second-order valence-corrected chi connectivity index (χ2v) is 7.15. The fourth-order valence-electron chi connectivity index (χ4n) is 1.84.